The van der Waals surface area contributed by atoms with Gasteiger partial charge in [0.2, 0.25) is 5.91 Å². The maximum Gasteiger partial charge on any atom is 0.341 e. The van der Waals surface area contributed by atoms with Gasteiger partial charge in [-0.1, -0.05) is 65.1 Å². The van der Waals surface area contributed by atoms with E-state index in [1.807, 2.05) is 30.3 Å². The van der Waals surface area contributed by atoms with Crippen LogP contribution in [0.3, 0.4) is 0 Å². The van der Waals surface area contributed by atoms with Crippen LogP contribution in [0.15, 0.2) is 52.7 Å². The average Bonchev–Trinajstić information content (AvgIpc) is 2.54. The number of rotatable bonds is 6. The SMILES string of the molecule is COC(=O)C1=C(NC(=O)CSCc2ccccc2)CC(Cl)(Cl)C=C1Cl. The zero-order valence-electron chi connectivity index (χ0n) is 13.4. The average molecular weight is 421 g/mol. The van der Waals surface area contributed by atoms with Crippen LogP contribution in [0.1, 0.15) is 12.0 Å². The molecule has 0 unspecified atom stereocenters. The van der Waals surface area contributed by atoms with Gasteiger partial charge in [-0.25, -0.2) is 4.79 Å². The van der Waals surface area contributed by atoms with Gasteiger partial charge in [0.05, 0.1) is 23.5 Å². The minimum Gasteiger partial charge on any atom is -0.465 e. The molecule has 1 aromatic rings. The van der Waals surface area contributed by atoms with E-state index in [0.29, 0.717) is 5.75 Å². The highest BCUT2D eigenvalue weighted by atomic mass is 35.5. The molecule has 0 aliphatic heterocycles. The van der Waals surface area contributed by atoms with Crippen LogP contribution in [0.4, 0.5) is 0 Å². The fourth-order valence-corrected chi connectivity index (χ4v) is 4.01. The van der Waals surface area contributed by atoms with E-state index in [1.54, 1.807) is 0 Å². The largest absolute Gasteiger partial charge is 0.465 e. The molecule has 0 heterocycles. The smallest absolute Gasteiger partial charge is 0.341 e. The van der Waals surface area contributed by atoms with Crippen molar-refractivity contribution >= 4 is 58.4 Å². The normalized spacial score (nSPS) is 16.2. The molecule has 0 bridgehead atoms. The van der Waals surface area contributed by atoms with Crippen molar-refractivity contribution in [1.29, 1.82) is 0 Å². The highest BCUT2D eigenvalue weighted by Crippen LogP contribution is 2.40. The first-order valence-electron chi connectivity index (χ1n) is 7.32. The topological polar surface area (TPSA) is 55.4 Å². The van der Waals surface area contributed by atoms with Crippen molar-refractivity contribution in [2.45, 2.75) is 16.5 Å². The highest BCUT2D eigenvalue weighted by Gasteiger charge is 2.34. The molecule has 0 radical (unpaired) electrons. The number of methoxy groups -OCH3 is 1. The van der Waals surface area contributed by atoms with Gasteiger partial charge in [0.15, 0.2) is 0 Å². The van der Waals surface area contributed by atoms with Gasteiger partial charge in [0.1, 0.15) is 4.33 Å². The molecular weight excluding hydrogens is 405 g/mol. The first-order chi connectivity index (χ1) is 11.8. The lowest BCUT2D eigenvalue weighted by Gasteiger charge is -2.25. The first kappa shape index (κ1) is 20.2. The van der Waals surface area contributed by atoms with Crippen molar-refractivity contribution in [3.63, 3.8) is 0 Å². The van der Waals surface area contributed by atoms with E-state index in [4.69, 9.17) is 39.5 Å². The van der Waals surface area contributed by atoms with Gasteiger partial charge in [-0.15, -0.1) is 11.8 Å². The zero-order chi connectivity index (χ0) is 18.4. The number of carbonyl (C=O) groups is 2. The summed E-state index contributed by atoms with van der Waals surface area (Å²) < 4.78 is 3.42. The van der Waals surface area contributed by atoms with E-state index in [0.717, 1.165) is 5.56 Å². The molecule has 0 aromatic heterocycles. The minimum absolute atomic E-state index is 0.0475. The predicted molar refractivity (Wildman–Crippen MR) is 103 cm³/mol. The third kappa shape index (κ3) is 5.96. The van der Waals surface area contributed by atoms with Crippen molar-refractivity contribution in [2.24, 2.45) is 0 Å². The lowest BCUT2D eigenvalue weighted by Crippen LogP contribution is -2.33. The molecule has 2 rings (SSSR count). The van der Waals surface area contributed by atoms with Gasteiger partial charge in [-0.3, -0.25) is 4.79 Å². The van der Waals surface area contributed by atoms with Crippen molar-refractivity contribution < 1.29 is 14.3 Å². The maximum atomic E-state index is 12.2. The Balaban J connectivity index is 2.03. The van der Waals surface area contributed by atoms with E-state index in [2.05, 4.69) is 5.32 Å². The van der Waals surface area contributed by atoms with Gasteiger partial charge in [-0.05, 0) is 11.6 Å². The zero-order valence-corrected chi connectivity index (χ0v) is 16.4. The molecule has 1 aromatic carbocycles. The Morgan fingerprint density at radius 1 is 1.28 bits per heavy atom. The third-order valence-electron chi connectivity index (χ3n) is 3.32. The van der Waals surface area contributed by atoms with Gasteiger partial charge < -0.3 is 10.1 Å². The summed E-state index contributed by atoms with van der Waals surface area (Å²) in [6.45, 7) is 0. The number of hydrogen-bond acceptors (Lipinski definition) is 4. The molecule has 134 valence electrons. The van der Waals surface area contributed by atoms with Gasteiger partial charge in [0, 0.05) is 17.9 Å². The van der Waals surface area contributed by atoms with Gasteiger partial charge >= 0.3 is 5.97 Å². The van der Waals surface area contributed by atoms with Crippen LogP contribution in [0, 0.1) is 0 Å². The standard InChI is InChI=1S/C17H16Cl3NO3S/c1-24-16(23)15-12(18)7-17(19,20)8-13(15)21-14(22)10-25-9-11-5-3-2-4-6-11/h2-7H,8-10H2,1H3,(H,21,22). The number of thioether (sulfide) groups is 1. The Hall–Kier alpha value is -1.14. The second kappa shape index (κ2) is 8.99. The van der Waals surface area contributed by atoms with Crippen LogP contribution in [-0.4, -0.2) is 29.1 Å². The van der Waals surface area contributed by atoms with Crippen molar-refractivity contribution in [2.75, 3.05) is 12.9 Å². The number of allylic oxidation sites excluding steroid dienone is 2. The van der Waals surface area contributed by atoms with E-state index in [9.17, 15) is 9.59 Å². The first-order valence-corrected chi connectivity index (χ1v) is 9.61. The Morgan fingerprint density at radius 2 is 1.96 bits per heavy atom. The van der Waals surface area contributed by atoms with Crippen LogP contribution in [-0.2, 0) is 20.1 Å². The molecule has 0 fully saturated rings. The summed E-state index contributed by atoms with van der Waals surface area (Å²) in [5, 5.41) is 2.73. The third-order valence-corrected chi connectivity index (χ3v) is 5.10. The number of alkyl halides is 2. The van der Waals surface area contributed by atoms with E-state index in [-0.39, 0.29) is 34.4 Å². The Morgan fingerprint density at radius 3 is 2.60 bits per heavy atom. The Kier molecular flexibility index (Phi) is 7.25. The monoisotopic (exact) mass is 419 g/mol. The van der Waals surface area contributed by atoms with Crippen LogP contribution in [0.2, 0.25) is 0 Å². The summed E-state index contributed by atoms with van der Waals surface area (Å²) in [4.78, 5) is 24.1. The quantitative estimate of drug-likeness (QED) is 0.554. The molecule has 25 heavy (non-hydrogen) atoms. The second-order valence-corrected chi connectivity index (χ2v) is 8.24. The lowest BCUT2D eigenvalue weighted by molar-refractivity contribution is -0.135. The van der Waals surface area contributed by atoms with E-state index in [1.165, 1.54) is 24.9 Å². The summed E-state index contributed by atoms with van der Waals surface area (Å²) in [6.07, 6.45) is 1.40. The fraction of sp³-hybridized carbons (Fsp3) is 0.294. The Bertz CT molecular complexity index is 717. The minimum atomic E-state index is -1.30. The number of benzene rings is 1. The summed E-state index contributed by atoms with van der Waals surface area (Å²) in [5.41, 5.74) is 1.45. The summed E-state index contributed by atoms with van der Waals surface area (Å²) in [7, 11) is 1.23. The lowest BCUT2D eigenvalue weighted by atomic mass is 10.0. The van der Waals surface area contributed by atoms with Crippen LogP contribution in [0.25, 0.3) is 0 Å². The molecular formula is C17H16Cl3NO3S. The summed E-state index contributed by atoms with van der Waals surface area (Å²) >= 11 is 19.7. The predicted octanol–water partition coefficient (Wildman–Crippen LogP) is 4.16. The molecule has 1 aliphatic carbocycles. The van der Waals surface area contributed by atoms with Crippen LogP contribution in [0.5, 0.6) is 0 Å². The molecule has 4 nitrogen and oxygen atoms in total. The molecule has 0 saturated carbocycles. The number of carbonyl (C=O) groups excluding carboxylic acids is 2. The molecule has 0 atom stereocenters. The second-order valence-electron chi connectivity index (χ2n) is 5.30. The number of halogens is 3. The van der Waals surface area contributed by atoms with Gasteiger partial charge in [-0.2, -0.15) is 0 Å². The summed E-state index contributed by atoms with van der Waals surface area (Å²) in [6, 6.07) is 9.81. The number of ether oxygens (including phenoxy) is 1. The molecule has 8 heteroatoms. The summed E-state index contributed by atoms with van der Waals surface area (Å²) in [5.74, 6) is -0.0106. The van der Waals surface area contributed by atoms with Crippen molar-refractivity contribution in [3.8, 4) is 0 Å². The fourth-order valence-electron chi connectivity index (χ4n) is 2.25. The molecule has 0 spiro atoms. The number of nitrogens with one attached hydrogen (secondary N) is 1. The van der Waals surface area contributed by atoms with Crippen LogP contribution < -0.4 is 5.32 Å². The maximum absolute atomic E-state index is 12.2. The van der Waals surface area contributed by atoms with E-state index >= 15 is 0 Å². The van der Waals surface area contributed by atoms with E-state index < -0.39 is 10.3 Å². The highest BCUT2D eigenvalue weighted by molar-refractivity contribution is 7.99. The van der Waals surface area contributed by atoms with Crippen LogP contribution >= 0.6 is 46.6 Å². The number of esters is 1. The molecule has 1 amide bonds. The molecule has 0 saturated heterocycles. The van der Waals surface area contributed by atoms with Crippen molar-refractivity contribution in [1.82, 2.24) is 5.32 Å². The van der Waals surface area contributed by atoms with Crippen molar-refractivity contribution in [3.05, 3.63) is 58.3 Å². The molecule has 1 N–H and O–H groups in total. The molecule has 1 aliphatic rings. The van der Waals surface area contributed by atoms with Gasteiger partial charge in [0.25, 0.3) is 0 Å². The number of amides is 1. The number of hydrogen-bond donors (Lipinski definition) is 1. The Labute approximate surface area is 165 Å².